The Bertz CT molecular complexity index is 2080. The number of nitrogens with two attached hydrogens (primary N) is 2. The molecule has 47 heavy (non-hydrogen) atoms. The first-order chi connectivity index (χ1) is 22.8. The van der Waals surface area contributed by atoms with Gasteiger partial charge in [0.15, 0.2) is 10.9 Å². The third-order valence-electron chi connectivity index (χ3n) is 10.1. The molecule has 4 aliphatic rings. The average Bonchev–Trinajstić information content (AvgIpc) is 3.70. The number of aromatic nitrogens is 5. The van der Waals surface area contributed by atoms with Gasteiger partial charge < -0.3 is 25.8 Å². The van der Waals surface area contributed by atoms with Crippen molar-refractivity contribution in [2.24, 2.45) is 0 Å². The Balaban J connectivity index is 1.23. The summed E-state index contributed by atoms with van der Waals surface area (Å²) in [5.41, 5.74) is 12.8. The van der Waals surface area contributed by atoms with Gasteiger partial charge in [-0.1, -0.05) is 17.4 Å². The van der Waals surface area contributed by atoms with E-state index in [2.05, 4.69) is 24.8 Å². The van der Waals surface area contributed by atoms with Crippen LogP contribution >= 0.6 is 11.3 Å². The van der Waals surface area contributed by atoms with Crippen LogP contribution in [0.3, 0.4) is 0 Å². The Labute approximate surface area is 270 Å². The van der Waals surface area contributed by atoms with Crippen LogP contribution in [0.25, 0.3) is 32.4 Å². The minimum atomic E-state index is -0.935. The fourth-order valence-electron chi connectivity index (χ4n) is 7.68. The van der Waals surface area contributed by atoms with Gasteiger partial charge in [0.05, 0.1) is 21.8 Å². The van der Waals surface area contributed by atoms with Gasteiger partial charge in [0.25, 0.3) is 0 Å². The molecule has 1 saturated carbocycles. The van der Waals surface area contributed by atoms with Gasteiger partial charge in [0.2, 0.25) is 5.88 Å². The molecule has 2 saturated heterocycles. The summed E-state index contributed by atoms with van der Waals surface area (Å²) in [6, 6.07) is 6.21. The Morgan fingerprint density at radius 3 is 2.81 bits per heavy atom. The number of alkyl halides is 1. The smallest absolute Gasteiger partial charge is 0.319 e. The van der Waals surface area contributed by atoms with Gasteiger partial charge >= 0.3 is 6.01 Å². The summed E-state index contributed by atoms with van der Waals surface area (Å²) in [5, 5.41) is 0.435. The first kappa shape index (κ1) is 28.7. The highest BCUT2D eigenvalue weighted by Crippen LogP contribution is 2.47. The van der Waals surface area contributed by atoms with Crippen molar-refractivity contribution < 1.29 is 22.6 Å². The number of halogens is 3. The Morgan fingerprint density at radius 1 is 1.09 bits per heavy atom. The van der Waals surface area contributed by atoms with Gasteiger partial charge in [0.1, 0.15) is 52.9 Å². The normalized spacial score (nSPS) is 25.0. The van der Waals surface area contributed by atoms with Crippen LogP contribution < -0.4 is 25.8 Å². The van der Waals surface area contributed by atoms with Gasteiger partial charge in [-0.15, -0.1) is 0 Å². The molecule has 3 aliphatic heterocycles. The van der Waals surface area contributed by atoms with E-state index in [9.17, 15) is 8.78 Å². The second kappa shape index (κ2) is 10.5. The van der Waals surface area contributed by atoms with Crippen LogP contribution in [-0.4, -0.2) is 73.4 Å². The molecule has 9 rings (SSSR count). The zero-order valence-corrected chi connectivity index (χ0v) is 25.9. The molecule has 4 N–H and O–H groups in total. The first-order valence-electron chi connectivity index (χ1n) is 15.7. The van der Waals surface area contributed by atoms with E-state index in [0.29, 0.717) is 31.1 Å². The molecule has 0 unspecified atom stereocenters. The molecule has 4 aromatic heterocycles. The van der Waals surface area contributed by atoms with E-state index < -0.39 is 23.3 Å². The predicted molar refractivity (Wildman–Crippen MR) is 171 cm³/mol. The monoisotopic (exact) mass is 661 g/mol. The van der Waals surface area contributed by atoms with Gasteiger partial charge in [-0.25, -0.2) is 28.1 Å². The van der Waals surface area contributed by atoms with Crippen LogP contribution in [0.15, 0.2) is 30.5 Å². The van der Waals surface area contributed by atoms with E-state index >= 15 is 4.39 Å². The molecule has 1 aliphatic carbocycles. The maximum atomic E-state index is 16.9. The quantitative estimate of drug-likeness (QED) is 0.253. The third kappa shape index (κ3) is 4.46. The number of benzene rings is 1. The van der Waals surface area contributed by atoms with Crippen LogP contribution in [0.2, 0.25) is 0 Å². The van der Waals surface area contributed by atoms with Crippen molar-refractivity contribution in [1.82, 2.24) is 29.8 Å². The maximum Gasteiger partial charge on any atom is 0.319 e. The lowest BCUT2D eigenvalue weighted by atomic mass is 9.87. The summed E-state index contributed by atoms with van der Waals surface area (Å²) in [6.07, 6.45) is 4.06. The summed E-state index contributed by atoms with van der Waals surface area (Å²) in [6.45, 7) is 1.67. The molecule has 1 aromatic carbocycles. The molecule has 11 nitrogen and oxygen atoms in total. The van der Waals surface area contributed by atoms with Crippen molar-refractivity contribution in [2.45, 2.75) is 62.5 Å². The molecule has 3 fully saturated rings. The van der Waals surface area contributed by atoms with E-state index in [1.807, 2.05) is 17.0 Å². The fourth-order valence-corrected chi connectivity index (χ4v) is 8.44. The van der Waals surface area contributed by atoms with Crippen LogP contribution in [0.5, 0.6) is 11.9 Å². The second-order valence-electron chi connectivity index (χ2n) is 12.8. The summed E-state index contributed by atoms with van der Waals surface area (Å²) in [5.74, 6) is -0.349. The van der Waals surface area contributed by atoms with E-state index in [-0.39, 0.29) is 68.2 Å². The molecule has 0 amide bonds. The van der Waals surface area contributed by atoms with E-state index in [1.54, 1.807) is 6.20 Å². The molecular formula is C32H30F3N9O2S. The van der Waals surface area contributed by atoms with E-state index in [4.69, 9.17) is 25.9 Å². The molecule has 242 valence electrons. The van der Waals surface area contributed by atoms with Gasteiger partial charge in [-0.2, -0.15) is 9.97 Å². The van der Waals surface area contributed by atoms with Crippen molar-refractivity contribution in [3.05, 3.63) is 47.7 Å². The molecule has 0 radical (unpaired) electrons. The van der Waals surface area contributed by atoms with Crippen molar-refractivity contribution >= 4 is 49.2 Å². The van der Waals surface area contributed by atoms with Crippen molar-refractivity contribution in [3.8, 4) is 23.1 Å². The number of pyridine rings is 2. The number of nitrogen functional groups attached to an aromatic ring is 2. The largest absolute Gasteiger partial charge is 0.472 e. The van der Waals surface area contributed by atoms with Crippen LogP contribution in [0.1, 0.15) is 37.7 Å². The summed E-state index contributed by atoms with van der Waals surface area (Å²) >= 11 is 0.976. The zero-order chi connectivity index (χ0) is 32.0. The molecule has 7 heterocycles. The van der Waals surface area contributed by atoms with Crippen LogP contribution in [0.4, 0.5) is 29.9 Å². The van der Waals surface area contributed by atoms with E-state index in [0.717, 1.165) is 49.1 Å². The van der Waals surface area contributed by atoms with E-state index in [1.165, 1.54) is 12.1 Å². The minimum Gasteiger partial charge on any atom is -0.472 e. The molecule has 15 heteroatoms. The SMILES string of the molecule is Nc1nc2c(-c3nc4c5c(nc(OC[C@@]67CCCN6C[C@H](F)C7)nc5c3F)N(Cc3cccnc3N)[C@@H]3CC[C@@H]3O4)ccc(F)c2s1. The number of ether oxygens (including phenoxy) is 2. The highest BCUT2D eigenvalue weighted by Gasteiger charge is 2.50. The summed E-state index contributed by atoms with van der Waals surface area (Å²) < 4.78 is 59.2. The zero-order valence-electron chi connectivity index (χ0n) is 25.1. The first-order valence-corrected chi connectivity index (χ1v) is 16.5. The lowest BCUT2D eigenvalue weighted by molar-refractivity contribution is 0.0871. The topological polar surface area (TPSA) is 141 Å². The van der Waals surface area contributed by atoms with Crippen molar-refractivity contribution in [1.29, 1.82) is 0 Å². The predicted octanol–water partition coefficient (Wildman–Crippen LogP) is 5.02. The average molecular weight is 662 g/mol. The van der Waals surface area contributed by atoms with Crippen molar-refractivity contribution in [3.63, 3.8) is 0 Å². The number of rotatable bonds is 6. The molecule has 4 atom stereocenters. The van der Waals surface area contributed by atoms with Gasteiger partial charge in [-0.3, -0.25) is 4.90 Å². The number of hydrogen-bond acceptors (Lipinski definition) is 12. The highest BCUT2D eigenvalue weighted by atomic mass is 32.1. The molecule has 0 spiro atoms. The Kier molecular flexibility index (Phi) is 6.41. The Hall–Kier alpha value is -4.50. The third-order valence-corrected chi connectivity index (χ3v) is 11.0. The maximum absolute atomic E-state index is 16.9. The standard InChI is InChI=1S/C32H30F3N9O2S/c33-16-11-32(8-2-10-43(32)13-16)14-45-31-41-25-21-28(42-31)44(12-15-3-1-9-38-27(15)36)19-6-7-20(19)46-29(21)39-23(22(25)35)17-4-5-18(34)26-24(17)40-30(37)47-26/h1,3-5,9,16,19-20H,2,6-8,10-14H2,(H2,36,38)(H2,37,40)/t16-,19-,20+,32+/m1/s1. The molecular weight excluding hydrogens is 631 g/mol. The number of fused-ring (bicyclic) bond motifs is 3. The van der Waals surface area contributed by atoms with Crippen molar-refractivity contribution in [2.75, 3.05) is 36.1 Å². The Morgan fingerprint density at radius 2 is 1.98 bits per heavy atom. The number of hydrogen-bond donors (Lipinski definition) is 2. The number of nitrogens with zero attached hydrogens (tertiary/aromatic N) is 7. The fraction of sp³-hybridized carbons (Fsp3) is 0.406. The number of anilines is 3. The van der Waals surface area contributed by atoms with Crippen LogP contribution in [0, 0.1) is 11.6 Å². The highest BCUT2D eigenvalue weighted by molar-refractivity contribution is 7.22. The lowest BCUT2D eigenvalue weighted by Crippen LogP contribution is -2.52. The summed E-state index contributed by atoms with van der Waals surface area (Å²) in [7, 11) is 0. The van der Waals surface area contributed by atoms with Crippen LogP contribution in [-0.2, 0) is 6.54 Å². The summed E-state index contributed by atoms with van der Waals surface area (Å²) in [4.78, 5) is 26.9. The second-order valence-corrected chi connectivity index (χ2v) is 13.8. The minimum absolute atomic E-state index is 0.0397. The van der Waals surface area contributed by atoms with Gasteiger partial charge in [0, 0.05) is 36.8 Å². The molecule has 5 aromatic rings. The van der Waals surface area contributed by atoms with Gasteiger partial charge in [-0.05, 0) is 50.4 Å². The number of thiazole rings is 1. The lowest BCUT2D eigenvalue weighted by Gasteiger charge is -2.42. The molecule has 0 bridgehead atoms.